The van der Waals surface area contributed by atoms with Crippen molar-refractivity contribution in [2.75, 3.05) is 26.3 Å². The Hall–Kier alpha value is -2.86. The predicted molar refractivity (Wildman–Crippen MR) is 92.7 cm³/mol. The molecule has 0 saturated carbocycles. The first-order chi connectivity index (χ1) is 12.2. The zero-order chi connectivity index (χ0) is 17.2. The first-order valence-corrected chi connectivity index (χ1v) is 8.31. The maximum absolute atomic E-state index is 13.0. The third-order valence-corrected chi connectivity index (χ3v) is 4.24. The fourth-order valence-corrected chi connectivity index (χ4v) is 2.92. The number of furan rings is 1. The number of amides is 1. The van der Waals surface area contributed by atoms with Crippen LogP contribution in [0.1, 0.15) is 16.1 Å². The van der Waals surface area contributed by atoms with Gasteiger partial charge in [-0.1, -0.05) is 18.2 Å². The monoisotopic (exact) mass is 337 g/mol. The van der Waals surface area contributed by atoms with Crippen LogP contribution in [0.2, 0.25) is 0 Å². The molecule has 0 spiro atoms. The van der Waals surface area contributed by atoms with Crippen molar-refractivity contribution in [2.24, 2.45) is 0 Å². The van der Waals surface area contributed by atoms with Gasteiger partial charge in [0.1, 0.15) is 11.5 Å². The van der Waals surface area contributed by atoms with Crippen molar-refractivity contribution < 1.29 is 13.9 Å². The normalized spacial score (nSPS) is 14.7. The van der Waals surface area contributed by atoms with E-state index in [0.717, 1.165) is 11.4 Å². The summed E-state index contributed by atoms with van der Waals surface area (Å²) in [5.74, 6) is 1.34. The van der Waals surface area contributed by atoms with E-state index in [1.165, 1.54) is 0 Å². The number of benzene rings is 1. The van der Waals surface area contributed by atoms with Crippen molar-refractivity contribution in [2.45, 2.75) is 6.92 Å². The minimum Gasteiger partial charge on any atom is -0.460 e. The fraction of sp³-hybridized carbons (Fsp3) is 0.263. The highest BCUT2D eigenvalue weighted by molar-refractivity contribution is 5.99. The number of rotatable bonds is 3. The van der Waals surface area contributed by atoms with Gasteiger partial charge in [-0.3, -0.25) is 4.79 Å². The molecule has 0 bridgehead atoms. The third kappa shape index (κ3) is 3.08. The minimum atomic E-state index is -0.0467. The molecule has 25 heavy (non-hydrogen) atoms. The number of hydrogen-bond acceptors (Lipinski definition) is 4. The molecule has 128 valence electrons. The molecular weight excluding hydrogens is 318 g/mol. The van der Waals surface area contributed by atoms with Crippen LogP contribution in [0.5, 0.6) is 0 Å². The summed E-state index contributed by atoms with van der Waals surface area (Å²) < 4.78 is 12.8. The minimum absolute atomic E-state index is 0.0467. The highest BCUT2D eigenvalue weighted by atomic mass is 16.5. The van der Waals surface area contributed by atoms with Crippen LogP contribution in [0.15, 0.2) is 53.1 Å². The van der Waals surface area contributed by atoms with Gasteiger partial charge in [-0.15, -0.1) is 0 Å². The second-order valence-electron chi connectivity index (χ2n) is 5.99. The average molecular weight is 337 g/mol. The summed E-state index contributed by atoms with van der Waals surface area (Å²) >= 11 is 0. The zero-order valence-corrected chi connectivity index (χ0v) is 14.0. The van der Waals surface area contributed by atoms with E-state index in [2.05, 4.69) is 5.10 Å². The molecule has 1 saturated heterocycles. The summed E-state index contributed by atoms with van der Waals surface area (Å²) in [6.07, 6.45) is 1.78. The molecule has 6 nitrogen and oxygen atoms in total. The number of para-hydroxylation sites is 1. The molecule has 3 heterocycles. The Labute approximate surface area is 145 Å². The topological polar surface area (TPSA) is 60.5 Å². The molecule has 1 amide bonds. The van der Waals surface area contributed by atoms with E-state index < -0.39 is 0 Å². The molecule has 0 unspecified atom stereocenters. The first kappa shape index (κ1) is 15.7. The molecule has 1 aliphatic rings. The molecule has 0 atom stereocenters. The van der Waals surface area contributed by atoms with Crippen LogP contribution in [0.25, 0.3) is 17.1 Å². The quantitative estimate of drug-likeness (QED) is 0.737. The molecular formula is C19H19N3O3. The lowest BCUT2D eigenvalue weighted by atomic mass is 10.2. The zero-order valence-electron chi connectivity index (χ0n) is 14.0. The lowest BCUT2D eigenvalue weighted by molar-refractivity contribution is 0.0303. The summed E-state index contributed by atoms with van der Waals surface area (Å²) in [6.45, 7) is 4.18. The lowest BCUT2D eigenvalue weighted by Gasteiger charge is -2.26. The largest absolute Gasteiger partial charge is 0.460 e. The molecule has 0 radical (unpaired) electrons. The van der Waals surface area contributed by atoms with Crippen LogP contribution in [-0.2, 0) is 4.74 Å². The van der Waals surface area contributed by atoms with Crippen molar-refractivity contribution in [1.29, 1.82) is 0 Å². The van der Waals surface area contributed by atoms with Crippen LogP contribution < -0.4 is 0 Å². The van der Waals surface area contributed by atoms with Gasteiger partial charge in [0.2, 0.25) is 0 Å². The maximum Gasteiger partial charge on any atom is 0.257 e. The van der Waals surface area contributed by atoms with Gasteiger partial charge in [0.15, 0.2) is 5.76 Å². The van der Waals surface area contributed by atoms with Gasteiger partial charge in [-0.2, -0.15) is 5.10 Å². The van der Waals surface area contributed by atoms with Gasteiger partial charge in [-0.05, 0) is 31.2 Å². The average Bonchev–Trinajstić information content (AvgIpc) is 3.29. The van der Waals surface area contributed by atoms with Crippen molar-refractivity contribution >= 4 is 5.91 Å². The van der Waals surface area contributed by atoms with Crippen molar-refractivity contribution in [3.05, 3.63) is 60.0 Å². The first-order valence-electron chi connectivity index (χ1n) is 8.31. The Kier molecular flexibility index (Phi) is 4.11. The molecule has 0 aliphatic carbocycles. The molecule has 2 aromatic heterocycles. The van der Waals surface area contributed by atoms with Gasteiger partial charge in [0.25, 0.3) is 5.91 Å². The number of aryl methyl sites for hydroxylation is 1. The van der Waals surface area contributed by atoms with Gasteiger partial charge < -0.3 is 14.1 Å². The van der Waals surface area contributed by atoms with E-state index in [9.17, 15) is 4.79 Å². The number of carbonyl (C=O) groups excluding carboxylic acids is 1. The molecule has 0 N–H and O–H groups in total. The van der Waals surface area contributed by atoms with E-state index >= 15 is 0 Å². The number of ether oxygens (including phenoxy) is 1. The Morgan fingerprint density at radius 1 is 1.08 bits per heavy atom. The summed E-state index contributed by atoms with van der Waals surface area (Å²) in [5.41, 5.74) is 2.00. The lowest BCUT2D eigenvalue weighted by Crippen LogP contribution is -2.40. The van der Waals surface area contributed by atoms with Crippen molar-refractivity contribution in [3.8, 4) is 17.1 Å². The molecule has 3 aromatic rings. The number of morpholine rings is 1. The summed E-state index contributed by atoms with van der Waals surface area (Å²) in [7, 11) is 0. The number of nitrogens with zero attached hydrogens (tertiary/aromatic N) is 3. The molecule has 4 rings (SSSR count). The highest BCUT2D eigenvalue weighted by Crippen LogP contribution is 2.27. The van der Waals surface area contributed by atoms with Crippen molar-refractivity contribution in [1.82, 2.24) is 14.7 Å². The van der Waals surface area contributed by atoms with E-state index in [0.29, 0.717) is 43.3 Å². The molecule has 1 aliphatic heterocycles. The van der Waals surface area contributed by atoms with E-state index in [-0.39, 0.29) is 5.91 Å². The predicted octanol–water partition coefficient (Wildman–Crippen LogP) is 2.91. The van der Waals surface area contributed by atoms with Crippen LogP contribution >= 0.6 is 0 Å². The van der Waals surface area contributed by atoms with Gasteiger partial charge in [0.05, 0.1) is 24.5 Å². The number of aromatic nitrogens is 2. The van der Waals surface area contributed by atoms with Gasteiger partial charge in [0, 0.05) is 19.3 Å². The van der Waals surface area contributed by atoms with Crippen LogP contribution in [0.4, 0.5) is 0 Å². The second-order valence-corrected chi connectivity index (χ2v) is 5.99. The van der Waals surface area contributed by atoms with Gasteiger partial charge >= 0.3 is 0 Å². The van der Waals surface area contributed by atoms with Crippen LogP contribution in [-0.4, -0.2) is 46.9 Å². The smallest absolute Gasteiger partial charge is 0.257 e. The maximum atomic E-state index is 13.0. The SMILES string of the molecule is Cc1ccc(-c2nn(-c3ccccc3)cc2C(=O)N2CCOCC2)o1. The van der Waals surface area contributed by atoms with Crippen LogP contribution in [0, 0.1) is 6.92 Å². The van der Waals surface area contributed by atoms with Crippen LogP contribution in [0.3, 0.4) is 0 Å². The van der Waals surface area contributed by atoms with E-state index in [4.69, 9.17) is 9.15 Å². The van der Waals surface area contributed by atoms with Gasteiger partial charge in [-0.25, -0.2) is 4.68 Å². The number of hydrogen-bond donors (Lipinski definition) is 0. The second kappa shape index (κ2) is 6.57. The summed E-state index contributed by atoms with van der Waals surface area (Å²) in [4.78, 5) is 14.8. The standard InChI is InChI=1S/C19H19N3O3/c1-14-7-8-17(25-14)18-16(19(23)21-9-11-24-12-10-21)13-22(20-18)15-5-3-2-4-6-15/h2-8,13H,9-12H2,1H3. The Bertz CT molecular complexity index is 876. The van der Waals surface area contributed by atoms with E-state index in [1.54, 1.807) is 15.8 Å². The molecule has 1 aromatic carbocycles. The molecule has 6 heteroatoms. The number of carbonyl (C=O) groups is 1. The van der Waals surface area contributed by atoms with Crippen molar-refractivity contribution in [3.63, 3.8) is 0 Å². The molecule has 1 fully saturated rings. The Balaban J connectivity index is 1.78. The highest BCUT2D eigenvalue weighted by Gasteiger charge is 2.26. The van der Waals surface area contributed by atoms with E-state index in [1.807, 2.05) is 49.4 Å². The Morgan fingerprint density at radius 2 is 1.84 bits per heavy atom. The fourth-order valence-electron chi connectivity index (χ4n) is 2.92. The summed E-state index contributed by atoms with van der Waals surface area (Å²) in [6, 6.07) is 13.5. The Morgan fingerprint density at radius 3 is 2.52 bits per heavy atom. The third-order valence-electron chi connectivity index (χ3n) is 4.24. The summed E-state index contributed by atoms with van der Waals surface area (Å²) in [5, 5.41) is 4.62.